The first kappa shape index (κ1) is 23.0. The molecule has 3 heterocycles. The topological polar surface area (TPSA) is 134 Å². The average molecular weight is 480 g/mol. The number of nitriles is 1. The second-order valence-electron chi connectivity index (χ2n) is 9.49. The Morgan fingerprint density at radius 1 is 1.24 bits per heavy atom. The smallest absolute Gasteiger partial charge is 0.156 e. The maximum absolute atomic E-state index is 15.1. The normalized spacial score (nSPS) is 28.4. The summed E-state index contributed by atoms with van der Waals surface area (Å²) in [4.78, 5) is 6.93. The Hall–Kier alpha value is -2.81. The van der Waals surface area contributed by atoms with Crippen molar-refractivity contribution < 1.29 is 9.20 Å². The number of hydrogen-bond donors (Lipinski definition) is 2. The fourth-order valence-electron chi connectivity index (χ4n) is 4.88. The highest BCUT2D eigenvalue weighted by Gasteiger charge is 2.60. The molecule has 2 aliphatic rings. The molecule has 3 atom stereocenters. The molecular weight excluding hydrogens is 455 g/mol. The molecule has 1 unspecified atom stereocenters. The Morgan fingerprint density at radius 3 is 2.68 bits per heavy atom. The first-order valence-corrected chi connectivity index (χ1v) is 11.9. The van der Waals surface area contributed by atoms with Crippen molar-refractivity contribution in [1.29, 1.82) is 5.26 Å². The third kappa shape index (κ3) is 3.61. The highest BCUT2D eigenvalue weighted by atomic mass is 32.2. The molecule has 8 nitrogen and oxygen atoms in total. The van der Waals surface area contributed by atoms with Crippen LogP contribution in [0.4, 0.5) is 15.9 Å². The summed E-state index contributed by atoms with van der Waals surface area (Å²) in [5.74, 6) is -0.0684. The van der Waals surface area contributed by atoms with Gasteiger partial charge in [-0.2, -0.15) is 5.26 Å². The van der Waals surface area contributed by atoms with Crippen LogP contribution in [0.5, 0.6) is 0 Å². The molecule has 3 N–H and O–H groups in total. The maximum atomic E-state index is 15.1. The van der Waals surface area contributed by atoms with Gasteiger partial charge in [-0.15, -0.1) is 11.8 Å². The lowest BCUT2D eigenvalue weighted by molar-refractivity contribution is -0.891. The van der Waals surface area contributed by atoms with Gasteiger partial charge in [0.2, 0.25) is 0 Å². The average Bonchev–Trinajstić information content (AvgIpc) is 3.64. The standard InChI is InChI=1S/C24H24FN6O2S/c1-23(13-31(32,33)24(2,16-3-4-16)22(27)34-23)18-10-17(5-6-19(18)25)30-21-20-15(7-8-28-21)9-14(11-26)12-29-20/h5-10,12,16,22H,3-4,13,27H2,1-2H3,(H,28,30)/q-1/t22?,23-,24-/m0/s1. The molecule has 5 rings (SSSR count). The number of halogens is 1. The first-order chi connectivity index (χ1) is 16.1. The summed E-state index contributed by atoms with van der Waals surface area (Å²) < 4.78 is 14.0. The van der Waals surface area contributed by atoms with Gasteiger partial charge in [-0.3, -0.25) is 4.98 Å². The largest absolute Gasteiger partial charge is 0.631 e. The molecule has 2 aromatic heterocycles. The summed E-state index contributed by atoms with van der Waals surface area (Å²) in [5.41, 5.74) is 7.03. The SMILES string of the molecule is C[C@]1(C2CC2)C(N)S[C@](C)(c2cc(Nc3nccc4cc(C#N)cnc34)ccc2F)C[N+]1([O-])[O-]. The van der Waals surface area contributed by atoms with Crippen LogP contribution in [-0.2, 0) is 4.75 Å². The number of anilines is 2. The van der Waals surface area contributed by atoms with Crippen LogP contribution in [0.1, 0.15) is 37.8 Å². The number of hydroxylamine groups is 4. The van der Waals surface area contributed by atoms with E-state index in [4.69, 9.17) is 11.0 Å². The molecule has 3 aromatic rings. The number of quaternary nitrogens is 1. The van der Waals surface area contributed by atoms with Crippen molar-refractivity contribution in [1.82, 2.24) is 9.97 Å². The monoisotopic (exact) mass is 479 g/mol. The number of aromatic nitrogens is 2. The summed E-state index contributed by atoms with van der Waals surface area (Å²) in [7, 11) is 0. The van der Waals surface area contributed by atoms with E-state index >= 15 is 4.39 Å². The maximum Gasteiger partial charge on any atom is 0.156 e. The summed E-state index contributed by atoms with van der Waals surface area (Å²) in [6.07, 6.45) is 4.70. The van der Waals surface area contributed by atoms with Crippen molar-refractivity contribution in [2.75, 3.05) is 11.9 Å². The minimum absolute atomic E-state index is 0.00103. The Balaban J connectivity index is 1.49. The molecule has 1 saturated carbocycles. The van der Waals surface area contributed by atoms with Crippen LogP contribution in [0.2, 0.25) is 0 Å². The minimum atomic E-state index is -1.74. The number of fused-ring (bicyclic) bond motifs is 1. The highest BCUT2D eigenvalue weighted by molar-refractivity contribution is 8.00. The predicted molar refractivity (Wildman–Crippen MR) is 130 cm³/mol. The Bertz CT molecular complexity index is 1330. The molecule has 10 heteroatoms. The molecule has 1 saturated heterocycles. The molecule has 0 spiro atoms. The number of hydrogen-bond acceptors (Lipinski definition) is 8. The van der Waals surface area contributed by atoms with Gasteiger partial charge in [0.1, 0.15) is 28.3 Å². The Labute approximate surface area is 200 Å². The molecule has 34 heavy (non-hydrogen) atoms. The molecule has 0 amide bonds. The number of rotatable bonds is 4. The van der Waals surface area contributed by atoms with Crippen LogP contribution < -0.4 is 11.1 Å². The van der Waals surface area contributed by atoms with E-state index in [2.05, 4.69) is 21.4 Å². The number of nitrogens with one attached hydrogen (secondary N) is 1. The second-order valence-corrected chi connectivity index (χ2v) is 11.1. The zero-order valence-electron chi connectivity index (χ0n) is 18.8. The molecule has 2 fully saturated rings. The van der Waals surface area contributed by atoms with Gasteiger partial charge in [-0.1, -0.05) is 0 Å². The van der Waals surface area contributed by atoms with Crippen molar-refractivity contribution in [3.8, 4) is 6.07 Å². The lowest BCUT2D eigenvalue weighted by Gasteiger charge is -2.67. The van der Waals surface area contributed by atoms with Gasteiger partial charge in [0.15, 0.2) is 5.82 Å². The van der Waals surface area contributed by atoms with Gasteiger partial charge in [0, 0.05) is 34.9 Å². The Kier molecular flexibility index (Phi) is 5.31. The third-order valence-electron chi connectivity index (χ3n) is 7.14. The van der Waals surface area contributed by atoms with Crippen molar-refractivity contribution in [3.63, 3.8) is 0 Å². The van der Waals surface area contributed by atoms with Crippen molar-refractivity contribution >= 4 is 34.2 Å². The quantitative estimate of drug-likeness (QED) is 0.409. The molecule has 1 aliphatic heterocycles. The molecule has 0 radical (unpaired) electrons. The number of nitrogens with two attached hydrogens (primary N) is 1. The van der Waals surface area contributed by atoms with E-state index in [1.165, 1.54) is 24.0 Å². The summed E-state index contributed by atoms with van der Waals surface area (Å²) in [6.45, 7) is 3.05. The summed E-state index contributed by atoms with van der Waals surface area (Å²) in [6, 6.07) is 9.99. The number of thioether (sulfide) groups is 1. The minimum Gasteiger partial charge on any atom is -0.631 e. The summed E-state index contributed by atoms with van der Waals surface area (Å²) >= 11 is 1.29. The van der Waals surface area contributed by atoms with E-state index in [0.29, 0.717) is 22.6 Å². The fraction of sp³-hybridized carbons (Fsp3) is 0.375. The number of nitrogens with zero attached hydrogens (tertiary/aromatic N) is 4. The molecule has 1 aromatic carbocycles. The van der Waals surface area contributed by atoms with Gasteiger partial charge >= 0.3 is 0 Å². The van der Waals surface area contributed by atoms with E-state index in [-0.39, 0.29) is 18.0 Å². The van der Waals surface area contributed by atoms with Crippen LogP contribution >= 0.6 is 11.8 Å². The predicted octanol–water partition coefficient (Wildman–Crippen LogP) is 4.61. The Morgan fingerprint density at radius 2 is 2.00 bits per heavy atom. The molecule has 1 aliphatic carbocycles. The van der Waals surface area contributed by atoms with E-state index < -0.39 is 26.3 Å². The number of pyridine rings is 2. The van der Waals surface area contributed by atoms with Gasteiger partial charge in [-0.25, -0.2) is 9.37 Å². The van der Waals surface area contributed by atoms with Crippen molar-refractivity contribution in [2.24, 2.45) is 11.7 Å². The molecular formula is C24H24FN6O2S-. The van der Waals surface area contributed by atoms with E-state index in [0.717, 1.165) is 18.2 Å². The summed E-state index contributed by atoms with van der Waals surface area (Å²) in [5, 5.41) is 38.8. The number of benzene rings is 1. The third-order valence-corrected chi connectivity index (χ3v) is 8.74. The van der Waals surface area contributed by atoms with Crippen molar-refractivity contribution in [2.45, 2.75) is 42.3 Å². The van der Waals surface area contributed by atoms with Crippen LogP contribution in [0.25, 0.3) is 10.9 Å². The van der Waals surface area contributed by atoms with Gasteiger partial charge in [0.05, 0.1) is 16.9 Å². The van der Waals surface area contributed by atoms with Gasteiger partial charge < -0.3 is 26.3 Å². The lowest BCUT2D eigenvalue weighted by Crippen LogP contribution is -2.71. The van der Waals surface area contributed by atoms with Crippen molar-refractivity contribution in [3.05, 3.63) is 70.1 Å². The van der Waals surface area contributed by atoms with Crippen LogP contribution in [0.15, 0.2) is 42.7 Å². The van der Waals surface area contributed by atoms with Crippen LogP contribution in [0, 0.1) is 33.5 Å². The van der Waals surface area contributed by atoms with Gasteiger partial charge in [-0.05, 0) is 57.0 Å². The van der Waals surface area contributed by atoms with Gasteiger partial charge in [0.25, 0.3) is 0 Å². The van der Waals surface area contributed by atoms with Crippen LogP contribution in [0.3, 0.4) is 0 Å². The molecule has 0 bridgehead atoms. The highest BCUT2D eigenvalue weighted by Crippen LogP contribution is 2.58. The molecule has 176 valence electrons. The van der Waals surface area contributed by atoms with E-state index in [1.807, 2.05) is 0 Å². The zero-order valence-corrected chi connectivity index (χ0v) is 19.6. The lowest BCUT2D eigenvalue weighted by atomic mass is 9.90. The van der Waals surface area contributed by atoms with E-state index in [9.17, 15) is 10.4 Å². The van der Waals surface area contributed by atoms with E-state index in [1.54, 1.807) is 44.3 Å². The fourth-order valence-corrected chi connectivity index (χ4v) is 6.56. The second kappa shape index (κ2) is 7.86. The first-order valence-electron chi connectivity index (χ1n) is 11.0. The van der Waals surface area contributed by atoms with Crippen LogP contribution in [-0.4, -0.2) is 32.2 Å². The zero-order chi connectivity index (χ0) is 24.3.